The highest BCUT2D eigenvalue weighted by atomic mass is 35.5. The Morgan fingerprint density at radius 3 is 2.87 bits per heavy atom. The summed E-state index contributed by atoms with van der Waals surface area (Å²) in [6, 6.07) is 6.18. The third-order valence-corrected chi connectivity index (χ3v) is 3.65. The number of methoxy groups -OCH3 is 1. The van der Waals surface area contributed by atoms with E-state index in [0.29, 0.717) is 28.8 Å². The zero-order chi connectivity index (χ0) is 16.8. The van der Waals surface area contributed by atoms with Crippen LogP contribution in [0.3, 0.4) is 0 Å². The number of carbonyl (C=O) groups excluding carboxylic acids is 1. The predicted octanol–water partition coefficient (Wildman–Crippen LogP) is 1.92. The summed E-state index contributed by atoms with van der Waals surface area (Å²) in [7, 11) is 1.54. The predicted molar refractivity (Wildman–Crippen MR) is 84.5 cm³/mol. The Hall–Kier alpha value is -1.96. The van der Waals surface area contributed by atoms with Crippen molar-refractivity contribution in [3.05, 3.63) is 46.6 Å². The van der Waals surface area contributed by atoms with E-state index in [2.05, 4.69) is 10.1 Å². The SMILES string of the molecule is CCN(Cc1nc(COC)no1)C(=O)[C@@H](N)c1ccccc1Cl. The van der Waals surface area contributed by atoms with E-state index in [1.54, 1.807) is 31.4 Å². The van der Waals surface area contributed by atoms with Gasteiger partial charge in [0.2, 0.25) is 11.8 Å². The molecule has 124 valence electrons. The summed E-state index contributed by atoms with van der Waals surface area (Å²) >= 11 is 6.10. The number of carbonyl (C=O) groups is 1. The summed E-state index contributed by atoms with van der Waals surface area (Å²) in [6.07, 6.45) is 0. The van der Waals surface area contributed by atoms with Crippen molar-refractivity contribution in [3.63, 3.8) is 0 Å². The minimum atomic E-state index is -0.843. The number of likely N-dealkylation sites (N-methyl/N-ethyl adjacent to an activating group) is 1. The number of ether oxygens (including phenoxy) is 1. The van der Waals surface area contributed by atoms with Crippen LogP contribution in [0.25, 0.3) is 0 Å². The quantitative estimate of drug-likeness (QED) is 0.828. The second-order valence-corrected chi connectivity index (χ2v) is 5.30. The van der Waals surface area contributed by atoms with Gasteiger partial charge in [-0.3, -0.25) is 4.79 Å². The van der Waals surface area contributed by atoms with Crippen molar-refractivity contribution < 1.29 is 14.1 Å². The monoisotopic (exact) mass is 338 g/mol. The van der Waals surface area contributed by atoms with E-state index < -0.39 is 6.04 Å². The van der Waals surface area contributed by atoms with Gasteiger partial charge in [0.25, 0.3) is 0 Å². The molecule has 2 aromatic rings. The summed E-state index contributed by atoms with van der Waals surface area (Å²) in [5, 5.41) is 4.23. The first kappa shape index (κ1) is 17.4. The van der Waals surface area contributed by atoms with Crippen LogP contribution >= 0.6 is 11.6 Å². The second-order valence-electron chi connectivity index (χ2n) is 4.89. The van der Waals surface area contributed by atoms with E-state index in [1.165, 1.54) is 4.90 Å². The maximum absolute atomic E-state index is 12.6. The van der Waals surface area contributed by atoms with Crippen LogP contribution in [0.2, 0.25) is 5.02 Å². The smallest absolute Gasteiger partial charge is 0.246 e. The van der Waals surface area contributed by atoms with E-state index >= 15 is 0 Å². The van der Waals surface area contributed by atoms with Gasteiger partial charge in [0.15, 0.2) is 5.82 Å². The molecule has 0 aliphatic rings. The molecule has 0 saturated carbocycles. The molecule has 0 unspecified atom stereocenters. The van der Waals surface area contributed by atoms with Crippen molar-refractivity contribution in [1.29, 1.82) is 0 Å². The molecule has 1 aromatic heterocycles. The Balaban J connectivity index is 2.10. The van der Waals surface area contributed by atoms with Crippen LogP contribution in [-0.4, -0.2) is 34.6 Å². The fourth-order valence-corrected chi connectivity index (χ4v) is 2.36. The second kappa shape index (κ2) is 8.05. The lowest BCUT2D eigenvalue weighted by Gasteiger charge is -2.23. The third-order valence-electron chi connectivity index (χ3n) is 3.31. The molecule has 0 aliphatic heterocycles. The van der Waals surface area contributed by atoms with Crippen molar-refractivity contribution >= 4 is 17.5 Å². The third kappa shape index (κ3) is 4.28. The van der Waals surface area contributed by atoms with Crippen LogP contribution in [-0.2, 0) is 22.7 Å². The van der Waals surface area contributed by atoms with Crippen LogP contribution < -0.4 is 5.73 Å². The highest BCUT2D eigenvalue weighted by molar-refractivity contribution is 6.31. The molecule has 0 aliphatic carbocycles. The Kier molecular flexibility index (Phi) is 6.09. The van der Waals surface area contributed by atoms with E-state index in [0.717, 1.165) is 0 Å². The van der Waals surface area contributed by atoms with Crippen molar-refractivity contribution in [2.45, 2.75) is 26.1 Å². The molecule has 0 bridgehead atoms. The Bertz CT molecular complexity index is 662. The molecule has 7 nitrogen and oxygen atoms in total. The molecule has 2 N–H and O–H groups in total. The lowest BCUT2D eigenvalue weighted by Crippen LogP contribution is -2.38. The lowest BCUT2D eigenvalue weighted by molar-refractivity contribution is -0.133. The molecule has 0 saturated heterocycles. The number of rotatable bonds is 7. The van der Waals surface area contributed by atoms with Gasteiger partial charge in [0, 0.05) is 18.7 Å². The maximum Gasteiger partial charge on any atom is 0.246 e. The number of nitrogens with two attached hydrogens (primary N) is 1. The molecular formula is C15H19ClN4O3. The molecule has 1 atom stereocenters. The van der Waals surface area contributed by atoms with Crippen LogP contribution in [0.5, 0.6) is 0 Å². The average molecular weight is 339 g/mol. The summed E-state index contributed by atoms with van der Waals surface area (Å²) < 4.78 is 10.0. The van der Waals surface area contributed by atoms with Crippen molar-refractivity contribution in [2.75, 3.05) is 13.7 Å². The van der Waals surface area contributed by atoms with Crippen LogP contribution in [0.15, 0.2) is 28.8 Å². The van der Waals surface area contributed by atoms with Gasteiger partial charge in [-0.25, -0.2) is 0 Å². The molecule has 2 rings (SSSR count). The normalized spacial score (nSPS) is 12.2. The fourth-order valence-electron chi connectivity index (χ4n) is 2.11. The van der Waals surface area contributed by atoms with Crippen LogP contribution in [0.4, 0.5) is 0 Å². The number of benzene rings is 1. The van der Waals surface area contributed by atoms with Gasteiger partial charge in [-0.05, 0) is 18.6 Å². The van der Waals surface area contributed by atoms with E-state index in [4.69, 9.17) is 26.6 Å². The highest BCUT2D eigenvalue weighted by Crippen LogP contribution is 2.23. The van der Waals surface area contributed by atoms with Gasteiger partial charge >= 0.3 is 0 Å². The van der Waals surface area contributed by atoms with Gasteiger partial charge in [0.1, 0.15) is 19.2 Å². The van der Waals surface area contributed by atoms with E-state index in [-0.39, 0.29) is 19.1 Å². The summed E-state index contributed by atoms with van der Waals surface area (Å²) in [6.45, 7) is 2.75. The highest BCUT2D eigenvalue weighted by Gasteiger charge is 2.24. The van der Waals surface area contributed by atoms with Gasteiger partial charge < -0.3 is 19.9 Å². The fraction of sp³-hybridized carbons (Fsp3) is 0.400. The summed E-state index contributed by atoms with van der Waals surface area (Å²) in [5.74, 6) is 0.507. The van der Waals surface area contributed by atoms with Gasteiger partial charge in [0.05, 0.1) is 0 Å². The first-order chi connectivity index (χ1) is 11.1. The topological polar surface area (TPSA) is 94.5 Å². The van der Waals surface area contributed by atoms with Crippen LogP contribution in [0, 0.1) is 0 Å². The van der Waals surface area contributed by atoms with Crippen molar-refractivity contribution in [1.82, 2.24) is 15.0 Å². The van der Waals surface area contributed by atoms with E-state index in [1.807, 2.05) is 6.92 Å². The summed E-state index contributed by atoms with van der Waals surface area (Å²) in [5.41, 5.74) is 6.65. The van der Waals surface area contributed by atoms with E-state index in [9.17, 15) is 4.79 Å². The van der Waals surface area contributed by atoms with Gasteiger partial charge in [-0.2, -0.15) is 4.98 Å². The zero-order valence-corrected chi connectivity index (χ0v) is 13.8. The van der Waals surface area contributed by atoms with Crippen LogP contribution in [0.1, 0.15) is 30.2 Å². The lowest BCUT2D eigenvalue weighted by atomic mass is 10.1. The molecular weight excluding hydrogens is 320 g/mol. The molecule has 0 spiro atoms. The van der Waals surface area contributed by atoms with Crippen molar-refractivity contribution in [3.8, 4) is 0 Å². The molecule has 1 aromatic carbocycles. The van der Waals surface area contributed by atoms with Gasteiger partial charge in [-0.1, -0.05) is 35.0 Å². The molecule has 1 amide bonds. The summed E-state index contributed by atoms with van der Waals surface area (Å²) in [4.78, 5) is 18.3. The standard InChI is InChI=1S/C15H19ClN4O3/c1-3-20(8-13-18-12(9-22-2)19-23-13)15(21)14(17)10-6-4-5-7-11(10)16/h4-7,14H,3,8-9,17H2,1-2H3/t14-/m0/s1. The maximum atomic E-state index is 12.6. The molecule has 0 fully saturated rings. The molecule has 8 heteroatoms. The number of aromatic nitrogens is 2. The first-order valence-corrected chi connectivity index (χ1v) is 7.53. The minimum Gasteiger partial charge on any atom is -0.377 e. The average Bonchev–Trinajstić information content (AvgIpc) is 2.99. The molecule has 1 heterocycles. The van der Waals surface area contributed by atoms with Crippen molar-refractivity contribution in [2.24, 2.45) is 5.73 Å². The molecule has 0 radical (unpaired) electrons. The number of hydrogen-bond acceptors (Lipinski definition) is 6. The zero-order valence-electron chi connectivity index (χ0n) is 13.0. The Labute approximate surface area is 139 Å². The molecule has 23 heavy (non-hydrogen) atoms. The largest absolute Gasteiger partial charge is 0.377 e. The number of halogens is 1. The minimum absolute atomic E-state index is 0.185. The number of amides is 1. The number of hydrogen-bond donors (Lipinski definition) is 1. The Morgan fingerprint density at radius 1 is 1.48 bits per heavy atom. The van der Waals surface area contributed by atoms with Gasteiger partial charge in [-0.15, -0.1) is 0 Å². The number of nitrogens with zero attached hydrogens (tertiary/aromatic N) is 3. The first-order valence-electron chi connectivity index (χ1n) is 7.16. The Morgan fingerprint density at radius 2 is 2.22 bits per heavy atom.